The second-order valence-corrected chi connectivity index (χ2v) is 8.53. The number of carbonyl (C=O) groups excluding carboxylic acids is 3. The highest BCUT2D eigenvalue weighted by Gasteiger charge is 2.26. The van der Waals surface area contributed by atoms with Crippen LogP contribution in [-0.4, -0.2) is 48.9 Å². The van der Waals surface area contributed by atoms with Crippen molar-refractivity contribution in [3.63, 3.8) is 0 Å². The maximum atomic E-state index is 13.6. The van der Waals surface area contributed by atoms with Crippen LogP contribution < -0.4 is 16.0 Å². The number of imide groups is 1. The number of likely N-dealkylation sites (tertiary alicyclic amines) is 1. The molecule has 3 rings (SSSR count). The molecule has 1 aromatic carbocycles. The molecule has 0 spiro atoms. The topological polar surface area (TPSA) is 90.5 Å². The van der Waals surface area contributed by atoms with Gasteiger partial charge in [-0.15, -0.1) is 11.3 Å². The minimum atomic E-state index is -0.512. The van der Waals surface area contributed by atoms with Crippen LogP contribution >= 0.6 is 11.3 Å². The Morgan fingerprint density at radius 2 is 1.84 bits per heavy atom. The van der Waals surface area contributed by atoms with E-state index in [0.717, 1.165) is 4.88 Å². The lowest BCUT2D eigenvalue weighted by molar-refractivity contribution is -0.126. The molecule has 2 aromatic rings. The Kier molecular flexibility index (Phi) is 8.54. The fourth-order valence-electron chi connectivity index (χ4n) is 3.51. The summed E-state index contributed by atoms with van der Waals surface area (Å²) in [5, 5.41) is 9.79. The molecule has 0 radical (unpaired) electrons. The summed E-state index contributed by atoms with van der Waals surface area (Å²) in [5.74, 6) is -0.776. The zero-order valence-electron chi connectivity index (χ0n) is 17.2. The van der Waals surface area contributed by atoms with Crippen molar-refractivity contribution in [1.82, 2.24) is 20.9 Å². The van der Waals surface area contributed by atoms with Gasteiger partial charge in [-0.1, -0.05) is 24.3 Å². The van der Waals surface area contributed by atoms with E-state index >= 15 is 0 Å². The van der Waals surface area contributed by atoms with E-state index in [9.17, 15) is 18.8 Å². The molecule has 1 aliphatic rings. The van der Waals surface area contributed by atoms with Crippen LogP contribution in [0.1, 0.15) is 23.3 Å². The van der Waals surface area contributed by atoms with Crippen LogP contribution in [0.2, 0.25) is 0 Å². The van der Waals surface area contributed by atoms with Gasteiger partial charge in [0, 0.05) is 17.3 Å². The lowest BCUT2D eigenvalue weighted by atomic mass is 9.96. The molecule has 3 N–H and O–H groups in total. The molecule has 1 saturated heterocycles. The SMILES string of the molecule is O=C(CN1CCC(C(=O)NCCc2ccccc2F)CC1)NC(=O)NCc1cccs1. The second kappa shape index (κ2) is 11.6. The number of rotatable bonds is 8. The molecule has 4 amide bonds. The molecule has 0 aliphatic carbocycles. The van der Waals surface area contributed by atoms with Crippen molar-refractivity contribution in [2.75, 3.05) is 26.2 Å². The van der Waals surface area contributed by atoms with Crippen molar-refractivity contribution in [2.24, 2.45) is 5.92 Å². The lowest BCUT2D eigenvalue weighted by Crippen LogP contribution is -2.47. The van der Waals surface area contributed by atoms with Crippen LogP contribution in [0.25, 0.3) is 0 Å². The number of hydrogen-bond donors (Lipinski definition) is 3. The average molecular weight is 447 g/mol. The standard InChI is InChI=1S/C22H27FN4O3S/c23-19-6-2-1-4-16(19)7-10-24-21(29)17-8-11-27(12-9-17)15-20(28)26-22(30)25-14-18-5-3-13-31-18/h1-6,13,17H,7-12,14-15H2,(H,24,29)(H2,25,26,28,30). The summed E-state index contributed by atoms with van der Waals surface area (Å²) in [7, 11) is 0. The van der Waals surface area contributed by atoms with Crippen molar-refractivity contribution in [3.05, 3.63) is 58.0 Å². The number of hydrogen-bond acceptors (Lipinski definition) is 5. The number of amides is 4. The first-order chi connectivity index (χ1) is 15.0. The third kappa shape index (κ3) is 7.45. The van der Waals surface area contributed by atoms with E-state index in [4.69, 9.17) is 0 Å². The van der Waals surface area contributed by atoms with E-state index in [1.165, 1.54) is 17.4 Å². The maximum absolute atomic E-state index is 13.6. The Bertz CT molecular complexity index is 883. The molecular weight excluding hydrogens is 419 g/mol. The normalized spacial score (nSPS) is 14.7. The predicted octanol–water partition coefficient (Wildman–Crippen LogP) is 2.28. The van der Waals surface area contributed by atoms with Crippen LogP contribution in [0.3, 0.4) is 0 Å². The van der Waals surface area contributed by atoms with E-state index in [0.29, 0.717) is 51.0 Å². The zero-order chi connectivity index (χ0) is 22.1. The smallest absolute Gasteiger partial charge is 0.321 e. The summed E-state index contributed by atoms with van der Waals surface area (Å²) in [4.78, 5) is 39.2. The molecule has 0 atom stereocenters. The Morgan fingerprint density at radius 3 is 2.55 bits per heavy atom. The highest BCUT2D eigenvalue weighted by molar-refractivity contribution is 7.09. The Morgan fingerprint density at radius 1 is 1.06 bits per heavy atom. The fourth-order valence-corrected chi connectivity index (χ4v) is 4.16. The lowest BCUT2D eigenvalue weighted by Gasteiger charge is -2.30. The third-order valence-electron chi connectivity index (χ3n) is 5.23. The van der Waals surface area contributed by atoms with Gasteiger partial charge in [-0.2, -0.15) is 0 Å². The molecule has 9 heteroatoms. The monoisotopic (exact) mass is 446 g/mol. The quantitative estimate of drug-likeness (QED) is 0.580. The number of nitrogens with one attached hydrogen (secondary N) is 3. The molecule has 2 heterocycles. The number of thiophene rings is 1. The largest absolute Gasteiger partial charge is 0.356 e. The van der Waals surface area contributed by atoms with Crippen molar-refractivity contribution < 1.29 is 18.8 Å². The van der Waals surface area contributed by atoms with Gasteiger partial charge in [-0.25, -0.2) is 9.18 Å². The highest BCUT2D eigenvalue weighted by atomic mass is 32.1. The van der Waals surface area contributed by atoms with Crippen LogP contribution in [0.4, 0.5) is 9.18 Å². The van der Waals surface area contributed by atoms with Crippen LogP contribution in [0.5, 0.6) is 0 Å². The van der Waals surface area contributed by atoms with E-state index in [-0.39, 0.29) is 30.1 Å². The Labute approximate surface area is 185 Å². The fraction of sp³-hybridized carbons (Fsp3) is 0.409. The van der Waals surface area contributed by atoms with Crippen molar-refractivity contribution in [3.8, 4) is 0 Å². The Hall–Kier alpha value is -2.78. The molecule has 0 saturated carbocycles. The maximum Gasteiger partial charge on any atom is 0.321 e. The Balaban J connectivity index is 1.30. The molecule has 7 nitrogen and oxygen atoms in total. The van der Waals surface area contributed by atoms with Gasteiger partial charge in [0.2, 0.25) is 11.8 Å². The van der Waals surface area contributed by atoms with Gasteiger partial charge < -0.3 is 10.6 Å². The minimum absolute atomic E-state index is 0.0339. The van der Waals surface area contributed by atoms with Gasteiger partial charge in [0.05, 0.1) is 13.1 Å². The summed E-state index contributed by atoms with van der Waals surface area (Å²) in [6.07, 6.45) is 1.73. The van der Waals surface area contributed by atoms with Gasteiger partial charge in [0.1, 0.15) is 5.82 Å². The summed E-state index contributed by atoms with van der Waals surface area (Å²) in [5.41, 5.74) is 0.586. The number of nitrogens with zero attached hydrogens (tertiary/aromatic N) is 1. The van der Waals surface area contributed by atoms with Crippen molar-refractivity contribution >= 4 is 29.2 Å². The van der Waals surface area contributed by atoms with Crippen molar-refractivity contribution in [1.29, 1.82) is 0 Å². The number of halogens is 1. The molecule has 31 heavy (non-hydrogen) atoms. The number of urea groups is 1. The number of piperidine rings is 1. The van der Waals surface area contributed by atoms with Gasteiger partial charge in [0.15, 0.2) is 0 Å². The van der Waals surface area contributed by atoms with E-state index < -0.39 is 6.03 Å². The second-order valence-electron chi connectivity index (χ2n) is 7.49. The van der Waals surface area contributed by atoms with Gasteiger partial charge in [-0.3, -0.25) is 19.8 Å². The first-order valence-electron chi connectivity index (χ1n) is 10.3. The minimum Gasteiger partial charge on any atom is -0.356 e. The third-order valence-corrected chi connectivity index (χ3v) is 6.11. The summed E-state index contributed by atoms with van der Waals surface area (Å²) in [6.45, 7) is 2.11. The number of carbonyl (C=O) groups is 3. The van der Waals surface area contributed by atoms with E-state index in [1.54, 1.807) is 18.2 Å². The summed E-state index contributed by atoms with van der Waals surface area (Å²) >= 11 is 1.53. The molecule has 1 aromatic heterocycles. The molecular formula is C22H27FN4O3S. The van der Waals surface area contributed by atoms with Crippen LogP contribution in [0, 0.1) is 11.7 Å². The molecule has 1 aliphatic heterocycles. The van der Waals surface area contributed by atoms with Gasteiger partial charge >= 0.3 is 6.03 Å². The van der Waals surface area contributed by atoms with E-state index in [2.05, 4.69) is 16.0 Å². The average Bonchev–Trinajstić information content (AvgIpc) is 3.28. The first kappa shape index (κ1) is 22.9. The van der Waals surface area contributed by atoms with Crippen LogP contribution in [-0.2, 0) is 22.6 Å². The first-order valence-corrected chi connectivity index (χ1v) is 11.2. The van der Waals surface area contributed by atoms with Gasteiger partial charge in [0.25, 0.3) is 0 Å². The molecule has 1 fully saturated rings. The molecule has 0 unspecified atom stereocenters. The summed E-state index contributed by atoms with van der Waals surface area (Å²) in [6, 6.07) is 9.85. The number of benzene rings is 1. The van der Waals surface area contributed by atoms with Crippen molar-refractivity contribution in [2.45, 2.75) is 25.8 Å². The predicted molar refractivity (Wildman–Crippen MR) is 117 cm³/mol. The zero-order valence-corrected chi connectivity index (χ0v) is 18.1. The highest BCUT2D eigenvalue weighted by Crippen LogP contribution is 2.17. The van der Waals surface area contributed by atoms with Crippen LogP contribution in [0.15, 0.2) is 41.8 Å². The summed E-state index contributed by atoms with van der Waals surface area (Å²) < 4.78 is 13.6. The molecule has 0 bridgehead atoms. The van der Waals surface area contributed by atoms with E-state index in [1.807, 2.05) is 22.4 Å². The van der Waals surface area contributed by atoms with Gasteiger partial charge in [-0.05, 0) is 55.4 Å². The molecule has 166 valence electrons.